The Balaban J connectivity index is 1.55. The number of nitrogens with zero attached hydrogens (tertiary/aromatic N) is 2. The first-order valence-electron chi connectivity index (χ1n) is 9.08. The minimum Gasteiger partial charge on any atom is -0.494 e. The zero-order valence-electron chi connectivity index (χ0n) is 15.5. The van der Waals surface area contributed by atoms with Crippen molar-refractivity contribution in [1.29, 1.82) is 0 Å². The molecule has 8 heteroatoms. The smallest absolute Gasteiger partial charge is 0.416 e. The van der Waals surface area contributed by atoms with Crippen LogP contribution in [0.5, 0.6) is 5.75 Å². The Labute approximate surface area is 167 Å². The van der Waals surface area contributed by atoms with E-state index in [1.54, 1.807) is 6.07 Å². The van der Waals surface area contributed by atoms with E-state index in [2.05, 4.69) is 5.32 Å². The fraction of sp³-hybridized carbons (Fsp3) is 0.350. The summed E-state index contributed by atoms with van der Waals surface area (Å²) in [5.74, 6) is 0.800. The Kier molecular flexibility index (Phi) is 6.28. The number of piperazine rings is 1. The Hall–Kier alpha value is -2.48. The van der Waals surface area contributed by atoms with E-state index in [-0.39, 0.29) is 0 Å². The van der Waals surface area contributed by atoms with Gasteiger partial charge in [-0.05, 0) is 61.6 Å². The zero-order chi connectivity index (χ0) is 20.1. The predicted octanol–water partition coefficient (Wildman–Crippen LogP) is 4.62. The van der Waals surface area contributed by atoms with Crippen LogP contribution in [0.4, 0.5) is 24.5 Å². The summed E-state index contributed by atoms with van der Waals surface area (Å²) in [4.78, 5) is 3.97. The van der Waals surface area contributed by atoms with Gasteiger partial charge in [0.2, 0.25) is 0 Å². The number of benzene rings is 2. The molecule has 3 rings (SSSR count). The van der Waals surface area contributed by atoms with Crippen LogP contribution in [-0.4, -0.2) is 42.8 Å². The van der Waals surface area contributed by atoms with Crippen molar-refractivity contribution in [3.63, 3.8) is 0 Å². The van der Waals surface area contributed by atoms with E-state index in [1.165, 1.54) is 12.1 Å². The molecule has 2 aromatic carbocycles. The molecule has 4 nitrogen and oxygen atoms in total. The van der Waals surface area contributed by atoms with E-state index in [1.807, 2.05) is 41.0 Å². The predicted molar refractivity (Wildman–Crippen MR) is 109 cm³/mol. The van der Waals surface area contributed by atoms with Gasteiger partial charge in [-0.1, -0.05) is 6.07 Å². The highest BCUT2D eigenvalue weighted by Gasteiger charge is 2.31. The van der Waals surface area contributed by atoms with Crippen LogP contribution in [0.1, 0.15) is 12.5 Å². The van der Waals surface area contributed by atoms with Crippen molar-refractivity contribution in [1.82, 2.24) is 4.90 Å². The molecule has 0 spiro atoms. The summed E-state index contributed by atoms with van der Waals surface area (Å²) in [5.41, 5.74) is 0.828. The van der Waals surface area contributed by atoms with E-state index in [0.29, 0.717) is 43.6 Å². The molecule has 1 fully saturated rings. The normalized spacial score (nSPS) is 14.7. The fourth-order valence-electron chi connectivity index (χ4n) is 3.05. The molecule has 2 aromatic rings. The van der Waals surface area contributed by atoms with E-state index in [4.69, 9.17) is 17.0 Å². The largest absolute Gasteiger partial charge is 0.494 e. The molecule has 0 amide bonds. The lowest BCUT2D eigenvalue weighted by Crippen LogP contribution is -2.50. The maximum Gasteiger partial charge on any atom is 0.416 e. The second-order valence-corrected chi connectivity index (χ2v) is 6.80. The van der Waals surface area contributed by atoms with Gasteiger partial charge in [-0.25, -0.2) is 0 Å². The topological polar surface area (TPSA) is 27.7 Å². The first kappa shape index (κ1) is 20.3. The van der Waals surface area contributed by atoms with Crippen molar-refractivity contribution in [3.8, 4) is 5.75 Å². The van der Waals surface area contributed by atoms with Gasteiger partial charge >= 0.3 is 6.18 Å². The molecule has 150 valence electrons. The van der Waals surface area contributed by atoms with Crippen molar-refractivity contribution in [3.05, 3.63) is 54.1 Å². The average molecular weight is 409 g/mol. The molecule has 1 heterocycles. The van der Waals surface area contributed by atoms with E-state index >= 15 is 0 Å². The Morgan fingerprint density at radius 1 is 1.07 bits per heavy atom. The molecule has 0 aromatic heterocycles. The highest BCUT2D eigenvalue weighted by molar-refractivity contribution is 7.80. The Morgan fingerprint density at radius 2 is 1.75 bits per heavy atom. The number of rotatable bonds is 4. The van der Waals surface area contributed by atoms with Gasteiger partial charge in [0.1, 0.15) is 5.75 Å². The summed E-state index contributed by atoms with van der Waals surface area (Å²) >= 11 is 5.48. The second kappa shape index (κ2) is 8.68. The summed E-state index contributed by atoms with van der Waals surface area (Å²) in [5, 5.41) is 3.80. The number of alkyl halides is 3. The minimum absolute atomic E-state index is 0.583. The van der Waals surface area contributed by atoms with Crippen molar-refractivity contribution >= 4 is 28.7 Å². The summed E-state index contributed by atoms with van der Waals surface area (Å²) < 4.78 is 44.2. The fourth-order valence-corrected chi connectivity index (χ4v) is 3.35. The van der Waals surface area contributed by atoms with Crippen LogP contribution in [0.15, 0.2) is 48.5 Å². The lowest BCUT2D eigenvalue weighted by Gasteiger charge is -2.37. The Bertz CT molecular complexity index is 803. The minimum atomic E-state index is -4.33. The van der Waals surface area contributed by atoms with E-state index in [0.717, 1.165) is 17.5 Å². The highest BCUT2D eigenvalue weighted by Crippen LogP contribution is 2.31. The lowest BCUT2D eigenvalue weighted by molar-refractivity contribution is -0.137. The number of hydrogen-bond donors (Lipinski definition) is 1. The first-order valence-corrected chi connectivity index (χ1v) is 9.48. The Morgan fingerprint density at radius 3 is 2.36 bits per heavy atom. The first-order chi connectivity index (χ1) is 13.4. The van der Waals surface area contributed by atoms with Gasteiger partial charge in [-0.15, -0.1) is 0 Å². The van der Waals surface area contributed by atoms with Crippen LogP contribution in [0, 0.1) is 0 Å². The van der Waals surface area contributed by atoms with Crippen molar-refractivity contribution < 1.29 is 17.9 Å². The molecular formula is C20H22F3N3OS. The van der Waals surface area contributed by atoms with Crippen LogP contribution in [-0.2, 0) is 6.18 Å². The molecule has 0 radical (unpaired) electrons. The molecular weight excluding hydrogens is 387 g/mol. The van der Waals surface area contributed by atoms with Crippen LogP contribution in [0.3, 0.4) is 0 Å². The van der Waals surface area contributed by atoms with Gasteiger partial charge < -0.3 is 19.9 Å². The molecule has 0 atom stereocenters. The molecule has 0 saturated carbocycles. The average Bonchev–Trinajstić information content (AvgIpc) is 2.69. The molecule has 0 aliphatic carbocycles. The number of hydrogen-bond acceptors (Lipinski definition) is 3. The molecule has 0 bridgehead atoms. The summed E-state index contributed by atoms with van der Waals surface area (Å²) in [6.07, 6.45) is -4.33. The number of ether oxygens (including phenoxy) is 1. The van der Waals surface area contributed by atoms with Gasteiger partial charge in [0, 0.05) is 37.6 Å². The number of anilines is 2. The van der Waals surface area contributed by atoms with Gasteiger partial charge in [-0.2, -0.15) is 13.2 Å². The molecule has 0 unspecified atom stereocenters. The van der Waals surface area contributed by atoms with Gasteiger partial charge in [0.25, 0.3) is 0 Å². The quantitative estimate of drug-likeness (QED) is 0.744. The SMILES string of the molecule is CCOc1ccc(NC(=S)N2CCN(c3cccc(C(F)(F)F)c3)CC2)cc1. The highest BCUT2D eigenvalue weighted by atomic mass is 32.1. The molecule has 1 aliphatic heterocycles. The van der Waals surface area contributed by atoms with Crippen LogP contribution >= 0.6 is 12.2 Å². The van der Waals surface area contributed by atoms with Crippen molar-refractivity contribution in [2.45, 2.75) is 13.1 Å². The van der Waals surface area contributed by atoms with Gasteiger partial charge in [0.05, 0.1) is 12.2 Å². The van der Waals surface area contributed by atoms with E-state index < -0.39 is 11.7 Å². The van der Waals surface area contributed by atoms with Gasteiger partial charge in [-0.3, -0.25) is 0 Å². The van der Waals surface area contributed by atoms with Crippen molar-refractivity contribution in [2.24, 2.45) is 0 Å². The van der Waals surface area contributed by atoms with Gasteiger partial charge in [0.15, 0.2) is 5.11 Å². The van der Waals surface area contributed by atoms with Crippen LogP contribution in [0.25, 0.3) is 0 Å². The number of nitrogens with one attached hydrogen (secondary N) is 1. The lowest BCUT2D eigenvalue weighted by atomic mass is 10.1. The summed E-state index contributed by atoms with van der Waals surface area (Å²) in [6.45, 7) is 5.03. The number of halogens is 3. The van der Waals surface area contributed by atoms with Crippen LogP contribution in [0.2, 0.25) is 0 Å². The maximum absolute atomic E-state index is 12.9. The summed E-state index contributed by atoms with van der Waals surface area (Å²) in [6, 6.07) is 13.0. The summed E-state index contributed by atoms with van der Waals surface area (Å²) in [7, 11) is 0. The number of thiocarbonyl (C=S) groups is 1. The standard InChI is InChI=1S/C20H22F3N3OS/c1-2-27-18-8-6-16(7-9-18)24-19(28)26-12-10-25(11-13-26)17-5-3-4-15(14-17)20(21,22)23/h3-9,14H,2,10-13H2,1H3,(H,24,28). The van der Waals surface area contributed by atoms with E-state index in [9.17, 15) is 13.2 Å². The third-order valence-corrected chi connectivity index (χ3v) is 4.88. The molecule has 1 aliphatic rings. The van der Waals surface area contributed by atoms with Crippen molar-refractivity contribution in [2.75, 3.05) is 43.0 Å². The molecule has 1 saturated heterocycles. The molecule has 1 N–H and O–H groups in total. The molecule has 28 heavy (non-hydrogen) atoms. The third-order valence-electron chi connectivity index (χ3n) is 4.52. The second-order valence-electron chi connectivity index (χ2n) is 6.41. The van der Waals surface area contributed by atoms with Crippen LogP contribution < -0.4 is 15.0 Å². The third kappa shape index (κ3) is 5.07. The zero-order valence-corrected chi connectivity index (χ0v) is 16.3. The monoisotopic (exact) mass is 409 g/mol. The maximum atomic E-state index is 12.9.